The Hall–Kier alpha value is -4.25. The lowest BCUT2D eigenvalue weighted by Crippen LogP contribution is -1.86. The van der Waals surface area contributed by atoms with E-state index in [-0.39, 0.29) is 5.75 Å². The zero-order chi connectivity index (χ0) is 24.6. The molecule has 0 amide bonds. The number of phenolic OH excluding ortho intramolecular Hbond substituents is 1. The smallest absolute Gasteiger partial charge is 0.120 e. The number of aryl methyl sites for hydroxylation is 1. The Morgan fingerprint density at radius 1 is 0.600 bits per heavy atom. The number of hydrogen-bond acceptors (Lipinski definition) is 4. The van der Waals surface area contributed by atoms with Crippen LogP contribution in [0.15, 0.2) is 94.7 Å². The average Bonchev–Trinajstić information content (AvgIpc) is 2.88. The van der Waals surface area contributed by atoms with Crippen LogP contribution in [-0.4, -0.2) is 19.3 Å². The Bertz CT molecular complexity index is 1400. The van der Waals surface area contributed by atoms with Crippen molar-refractivity contribution in [3.05, 3.63) is 113 Å². The third kappa shape index (κ3) is 6.64. The summed E-state index contributed by atoms with van der Waals surface area (Å²) in [5, 5.41) is 9.87. The lowest BCUT2D eigenvalue weighted by molar-refractivity contribution is 0.414. The van der Waals surface area contributed by atoms with Gasteiger partial charge in [-0.2, -0.15) is 0 Å². The van der Waals surface area contributed by atoms with E-state index in [0.29, 0.717) is 0 Å². The van der Waals surface area contributed by atoms with Crippen LogP contribution in [0.3, 0.4) is 0 Å². The van der Waals surface area contributed by atoms with E-state index in [1.54, 1.807) is 32.0 Å². The number of hydrogen-bond donors (Lipinski definition) is 1. The van der Waals surface area contributed by atoms with Gasteiger partial charge in [-0.15, -0.1) is 0 Å². The quantitative estimate of drug-likeness (QED) is 0.334. The molecule has 4 aromatic carbocycles. The van der Waals surface area contributed by atoms with Crippen LogP contribution in [0.4, 0.5) is 0 Å². The number of methoxy groups -OCH3 is 2. The van der Waals surface area contributed by atoms with Gasteiger partial charge in [-0.05, 0) is 85.3 Å². The van der Waals surface area contributed by atoms with E-state index in [9.17, 15) is 5.11 Å². The molecule has 172 valence electrons. The van der Waals surface area contributed by atoms with E-state index in [0.717, 1.165) is 49.1 Å². The SMILES string of the molecule is COc1cccc(C#Cc2cc(C#Cc3cccc(OC)c3)cc(Sc3ccc(O)c(C)c3)c2)c1. The molecular weight excluding hydrogens is 452 g/mol. The molecule has 0 radical (unpaired) electrons. The minimum Gasteiger partial charge on any atom is -0.508 e. The van der Waals surface area contributed by atoms with Gasteiger partial charge in [0, 0.05) is 32.0 Å². The molecule has 4 aromatic rings. The van der Waals surface area contributed by atoms with Crippen LogP contribution in [0, 0.1) is 30.6 Å². The summed E-state index contributed by atoms with van der Waals surface area (Å²) in [6.45, 7) is 1.89. The number of ether oxygens (including phenoxy) is 2. The summed E-state index contributed by atoms with van der Waals surface area (Å²) >= 11 is 1.61. The molecule has 0 aliphatic rings. The van der Waals surface area contributed by atoms with Gasteiger partial charge in [0.25, 0.3) is 0 Å². The van der Waals surface area contributed by atoms with E-state index < -0.39 is 0 Å². The summed E-state index contributed by atoms with van der Waals surface area (Å²) in [6, 6.07) is 27.1. The highest BCUT2D eigenvalue weighted by Gasteiger charge is 2.04. The third-order valence-corrected chi connectivity index (χ3v) is 6.11. The fourth-order valence-electron chi connectivity index (χ4n) is 3.32. The molecule has 4 heteroatoms. The van der Waals surface area contributed by atoms with Crippen LogP contribution < -0.4 is 9.47 Å². The Morgan fingerprint density at radius 3 is 1.66 bits per heavy atom. The van der Waals surface area contributed by atoms with Gasteiger partial charge in [-0.25, -0.2) is 0 Å². The molecule has 0 aromatic heterocycles. The molecule has 3 nitrogen and oxygen atoms in total. The van der Waals surface area contributed by atoms with Gasteiger partial charge >= 0.3 is 0 Å². The summed E-state index contributed by atoms with van der Waals surface area (Å²) < 4.78 is 10.6. The molecule has 0 saturated carbocycles. The highest BCUT2D eigenvalue weighted by molar-refractivity contribution is 7.99. The van der Waals surface area contributed by atoms with E-state index >= 15 is 0 Å². The summed E-state index contributed by atoms with van der Waals surface area (Å²) in [4.78, 5) is 2.05. The number of rotatable bonds is 4. The molecular formula is C31H24O3S. The number of aromatic hydroxyl groups is 1. The maximum atomic E-state index is 9.87. The van der Waals surface area contributed by atoms with Crippen molar-refractivity contribution in [1.82, 2.24) is 0 Å². The fourth-order valence-corrected chi connectivity index (χ4v) is 4.34. The van der Waals surface area contributed by atoms with Gasteiger partial charge in [0.2, 0.25) is 0 Å². The van der Waals surface area contributed by atoms with Gasteiger partial charge in [0.05, 0.1) is 14.2 Å². The van der Waals surface area contributed by atoms with Crippen LogP contribution >= 0.6 is 11.8 Å². The minimum atomic E-state index is 0.289. The normalized spacial score (nSPS) is 9.91. The van der Waals surface area contributed by atoms with Crippen molar-refractivity contribution in [1.29, 1.82) is 0 Å². The topological polar surface area (TPSA) is 38.7 Å². The molecule has 0 saturated heterocycles. The molecule has 0 bridgehead atoms. The van der Waals surface area contributed by atoms with Crippen LogP contribution in [0.25, 0.3) is 0 Å². The van der Waals surface area contributed by atoms with Crippen molar-refractivity contribution in [2.75, 3.05) is 14.2 Å². The van der Waals surface area contributed by atoms with Crippen LogP contribution in [0.2, 0.25) is 0 Å². The zero-order valence-corrected chi connectivity index (χ0v) is 20.6. The van der Waals surface area contributed by atoms with E-state index in [4.69, 9.17) is 9.47 Å². The summed E-state index contributed by atoms with van der Waals surface area (Å²) in [7, 11) is 3.29. The second-order valence-corrected chi connectivity index (χ2v) is 8.91. The van der Waals surface area contributed by atoms with E-state index in [2.05, 4.69) is 35.8 Å². The molecule has 0 unspecified atom stereocenters. The summed E-state index contributed by atoms with van der Waals surface area (Å²) in [6.07, 6.45) is 0. The summed E-state index contributed by atoms with van der Waals surface area (Å²) in [5.74, 6) is 14.8. The van der Waals surface area contributed by atoms with Gasteiger partial charge in [-0.1, -0.05) is 47.6 Å². The van der Waals surface area contributed by atoms with Crippen molar-refractivity contribution in [2.45, 2.75) is 16.7 Å². The molecule has 1 N–H and O–H groups in total. The first-order valence-electron chi connectivity index (χ1n) is 11.0. The van der Waals surface area contributed by atoms with Crippen molar-refractivity contribution in [3.8, 4) is 40.9 Å². The van der Waals surface area contributed by atoms with Gasteiger partial charge in [0.15, 0.2) is 0 Å². The zero-order valence-electron chi connectivity index (χ0n) is 19.8. The van der Waals surface area contributed by atoms with Gasteiger partial charge in [-0.3, -0.25) is 0 Å². The largest absolute Gasteiger partial charge is 0.508 e. The molecule has 0 fully saturated rings. The first-order valence-corrected chi connectivity index (χ1v) is 11.8. The van der Waals surface area contributed by atoms with Crippen molar-refractivity contribution < 1.29 is 14.6 Å². The molecule has 0 atom stereocenters. The average molecular weight is 477 g/mol. The van der Waals surface area contributed by atoms with Gasteiger partial charge < -0.3 is 14.6 Å². The standard InChI is InChI=1S/C31H24O3S/c1-22-16-29(14-15-31(22)32)35-30-20-25(12-10-23-6-4-8-27(18-23)33-2)17-26(21-30)13-11-24-7-5-9-28(19-24)34-3/h4-9,14-21,32H,1-3H3. The van der Waals surface area contributed by atoms with Crippen LogP contribution in [0.1, 0.15) is 27.8 Å². The number of benzene rings is 4. The predicted octanol–water partition coefficient (Wildman–Crippen LogP) is 6.67. The maximum Gasteiger partial charge on any atom is 0.120 e. The van der Waals surface area contributed by atoms with E-state index in [1.807, 2.05) is 73.7 Å². The Balaban J connectivity index is 1.71. The van der Waals surface area contributed by atoms with E-state index in [1.165, 1.54) is 0 Å². The highest BCUT2D eigenvalue weighted by Crippen LogP contribution is 2.32. The molecule has 0 aliphatic carbocycles. The van der Waals surface area contributed by atoms with Crippen LogP contribution in [0.5, 0.6) is 17.2 Å². The lowest BCUT2D eigenvalue weighted by atomic mass is 10.1. The monoisotopic (exact) mass is 476 g/mol. The van der Waals surface area contributed by atoms with Gasteiger partial charge in [0.1, 0.15) is 17.2 Å². The van der Waals surface area contributed by atoms with Crippen molar-refractivity contribution in [3.63, 3.8) is 0 Å². The van der Waals surface area contributed by atoms with Crippen molar-refractivity contribution in [2.24, 2.45) is 0 Å². The minimum absolute atomic E-state index is 0.289. The second-order valence-electron chi connectivity index (χ2n) is 7.76. The first kappa shape index (κ1) is 23.9. The Labute approximate surface area is 210 Å². The molecule has 0 aliphatic heterocycles. The maximum absolute atomic E-state index is 9.87. The van der Waals surface area contributed by atoms with Crippen LogP contribution in [-0.2, 0) is 0 Å². The third-order valence-electron chi connectivity index (χ3n) is 5.15. The summed E-state index contributed by atoms with van der Waals surface area (Å²) in [5.41, 5.74) is 4.31. The van der Waals surface area contributed by atoms with Crippen molar-refractivity contribution >= 4 is 11.8 Å². The molecule has 35 heavy (non-hydrogen) atoms. The molecule has 0 spiro atoms. The highest BCUT2D eigenvalue weighted by atomic mass is 32.2. The fraction of sp³-hybridized carbons (Fsp3) is 0.0968. The Morgan fingerprint density at radius 2 is 1.14 bits per heavy atom. The Kier molecular flexibility index (Phi) is 7.68. The predicted molar refractivity (Wildman–Crippen MR) is 141 cm³/mol. The first-order chi connectivity index (χ1) is 17.0. The molecule has 4 rings (SSSR count). The second kappa shape index (κ2) is 11.3. The number of phenols is 1. The lowest BCUT2D eigenvalue weighted by Gasteiger charge is -2.06. The molecule has 0 heterocycles.